The number of aliphatic hydroxyl groups excluding tert-OH is 2. The molecule has 51 heavy (non-hydrogen) atoms. The largest absolute Gasteiger partial charge is 0.396 e. The summed E-state index contributed by atoms with van der Waals surface area (Å²) in [5, 5.41) is 25.6. The van der Waals surface area contributed by atoms with Crippen LogP contribution in [0.5, 0.6) is 0 Å². The fourth-order valence-corrected chi connectivity index (χ4v) is 11.9. The number of rotatable bonds is 12. The van der Waals surface area contributed by atoms with Gasteiger partial charge in [-0.1, -0.05) is 70.6 Å². The topological polar surface area (TPSA) is 122 Å². The lowest BCUT2D eigenvalue weighted by Gasteiger charge is -2.44. The molecule has 13 unspecified atom stereocenters. The number of Topliss-reactive ketones (excluding diaryl/α,β-unsaturated/α-hetero) is 2. The second kappa shape index (κ2) is 20.4. The highest BCUT2D eigenvalue weighted by molar-refractivity contribution is 6.00. The zero-order valence-electron chi connectivity index (χ0n) is 32.5. The quantitative estimate of drug-likeness (QED) is 0.0943. The van der Waals surface area contributed by atoms with Crippen LogP contribution in [0.2, 0.25) is 0 Å². The molecule has 7 nitrogen and oxygen atoms in total. The van der Waals surface area contributed by atoms with Gasteiger partial charge in [0, 0.05) is 37.9 Å². The van der Waals surface area contributed by atoms with Gasteiger partial charge in [0.1, 0.15) is 11.6 Å². The number of unbranched alkanes of at least 4 members (excludes halogenated alkanes) is 2. The van der Waals surface area contributed by atoms with E-state index < -0.39 is 6.10 Å². The average Bonchev–Trinajstić information content (AvgIpc) is 3.26. The fraction of sp³-hybridized carbons (Fsp3) is 0.909. The second-order valence-corrected chi connectivity index (χ2v) is 17.9. The summed E-state index contributed by atoms with van der Waals surface area (Å²) < 4.78 is 5.77. The summed E-state index contributed by atoms with van der Waals surface area (Å²) in [6.45, 7) is 5.55. The Morgan fingerprint density at radius 3 is 2.43 bits per heavy atom. The van der Waals surface area contributed by atoms with E-state index in [1.165, 1.54) is 32.1 Å². The van der Waals surface area contributed by atoms with Crippen LogP contribution in [-0.2, 0) is 14.3 Å². The van der Waals surface area contributed by atoms with Gasteiger partial charge < -0.3 is 26.0 Å². The standard InChI is InChI=1S/C44H74N2O5/c1-4-6-8-14-37-38(34(28-47)11-5-2)23-30(21-29-19-20-46-43(45)24-29)22-33-16-18-36(31-12-9-7-10-13-31)39-27-40(49)42(51-3)25-32(39)15-17-35(48)26-41(50)44(33)37/h29-34,36-40,42-44,46-47,49H,4-15,17,19-28,45H2,1-3H3. The molecule has 1 saturated heterocycles. The van der Waals surface area contributed by atoms with Crippen LogP contribution in [0.25, 0.3) is 0 Å². The van der Waals surface area contributed by atoms with Crippen LogP contribution in [0.15, 0.2) is 0 Å². The van der Waals surface area contributed by atoms with E-state index in [4.69, 9.17) is 10.5 Å². The Morgan fingerprint density at radius 2 is 1.73 bits per heavy atom. The van der Waals surface area contributed by atoms with Gasteiger partial charge in [-0.15, -0.1) is 0 Å². The number of aliphatic hydroxyl groups is 2. The van der Waals surface area contributed by atoms with E-state index >= 15 is 0 Å². The normalized spacial score (nSPS) is 39.3. The van der Waals surface area contributed by atoms with Crippen molar-refractivity contribution in [2.24, 2.45) is 70.8 Å². The predicted octanol–water partition coefficient (Wildman–Crippen LogP) is 7.45. The Balaban J connectivity index is 1.60. The number of ether oxygens (including phenoxy) is 1. The summed E-state index contributed by atoms with van der Waals surface area (Å²) in [5.41, 5.74) is 6.42. The van der Waals surface area contributed by atoms with E-state index in [-0.39, 0.29) is 84.2 Å². The van der Waals surface area contributed by atoms with Crippen LogP contribution < -0.4 is 11.1 Å². The molecule has 5 aliphatic rings. The molecule has 4 aliphatic carbocycles. The van der Waals surface area contributed by atoms with Gasteiger partial charge in [0.2, 0.25) is 0 Å². The van der Waals surface area contributed by atoms with Crippen molar-refractivity contribution in [1.82, 2.24) is 5.32 Å². The molecule has 4 fully saturated rings. The zero-order valence-corrected chi connectivity index (χ0v) is 32.5. The first-order chi connectivity index (χ1) is 24.8. The van der Waals surface area contributed by atoms with Crippen molar-refractivity contribution in [3.8, 4) is 11.8 Å². The van der Waals surface area contributed by atoms with Crippen molar-refractivity contribution in [3.05, 3.63) is 0 Å². The molecule has 290 valence electrons. The van der Waals surface area contributed by atoms with Crippen LogP contribution in [0.3, 0.4) is 0 Å². The van der Waals surface area contributed by atoms with Gasteiger partial charge >= 0.3 is 0 Å². The molecule has 3 saturated carbocycles. The minimum Gasteiger partial charge on any atom is -0.396 e. The maximum atomic E-state index is 14.8. The molecule has 7 heteroatoms. The third-order valence-electron chi connectivity index (χ3n) is 14.5. The van der Waals surface area contributed by atoms with Gasteiger partial charge in [-0.2, -0.15) is 0 Å². The molecule has 0 spiro atoms. The van der Waals surface area contributed by atoms with Gasteiger partial charge in [-0.05, 0) is 131 Å². The van der Waals surface area contributed by atoms with Crippen LogP contribution in [-0.4, -0.2) is 60.4 Å². The number of carbonyl (C=O) groups excluding carboxylic acids is 2. The van der Waals surface area contributed by atoms with E-state index in [0.717, 1.165) is 90.0 Å². The lowest BCUT2D eigenvalue weighted by molar-refractivity contribution is -0.132. The van der Waals surface area contributed by atoms with E-state index in [1.54, 1.807) is 7.11 Å². The SMILES string of the molecule is CCCCCC1C(C(CO)CCC)CC(CC2CCNC(N)C2)CC2C#CC(C3CCCCC3)C3CC(O)C(OC)CC3CCC(=O)CC(=O)C21. The van der Waals surface area contributed by atoms with Crippen molar-refractivity contribution >= 4 is 11.6 Å². The Morgan fingerprint density at radius 1 is 0.922 bits per heavy atom. The van der Waals surface area contributed by atoms with E-state index in [0.29, 0.717) is 30.6 Å². The van der Waals surface area contributed by atoms with E-state index in [9.17, 15) is 19.8 Å². The highest BCUT2D eigenvalue weighted by Gasteiger charge is 2.47. The number of nitrogens with one attached hydrogen (secondary N) is 1. The lowest BCUT2D eigenvalue weighted by atomic mass is 9.62. The summed E-state index contributed by atoms with van der Waals surface area (Å²) in [4.78, 5) is 28.6. The predicted molar refractivity (Wildman–Crippen MR) is 204 cm³/mol. The molecular weight excluding hydrogens is 636 g/mol. The highest BCUT2D eigenvalue weighted by atomic mass is 16.5. The molecular formula is C44H74N2O5. The van der Waals surface area contributed by atoms with Crippen molar-refractivity contribution < 1.29 is 24.5 Å². The summed E-state index contributed by atoms with van der Waals surface area (Å²) in [7, 11) is 1.69. The Labute approximate surface area is 310 Å². The Bertz CT molecular complexity index is 1140. The Kier molecular flexibility index (Phi) is 16.4. The van der Waals surface area contributed by atoms with Gasteiger partial charge in [-0.3, -0.25) is 9.59 Å². The van der Waals surface area contributed by atoms with Crippen molar-refractivity contribution in [2.75, 3.05) is 20.3 Å². The maximum absolute atomic E-state index is 14.8. The smallest absolute Gasteiger partial charge is 0.144 e. The summed E-state index contributed by atoms with van der Waals surface area (Å²) >= 11 is 0. The van der Waals surface area contributed by atoms with Gasteiger partial charge in [0.25, 0.3) is 0 Å². The number of hydrogen-bond donors (Lipinski definition) is 4. The molecule has 0 radical (unpaired) electrons. The molecule has 0 amide bonds. The van der Waals surface area contributed by atoms with Crippen LogP contribution in [0.4, 0.5) is 0 Å². The molecule has 13 atom stereocenters. The van der Waals surface area contributed by atoms with Gasteiger partial charge in [0.05, 0.1) is 24.8 Å². The van der Waals surface area contributed by atoms with Crippen LogP contribution in [0.1, 0.15) is 149 Å². The second-order valence-electron chi connectivity index (χ2n) is 17.9. The van der Waals surface area contributed by atoms with Crippen LogP contribution in [0, 0.1) is 76.9 Å². The first-order valence-corrected chi connectivity index (χ1v) is 21.6. The lowest BCUT2D eigenvalue weighted by Crippen LogP contribution is -2.44. The summed E-state index contributed by atoms with van der Waals surface area (Å²) in [6, 6.07) is 0. The number of ketones is 2. The van der Waals surface area contributed by atoms with E-state index in [2.05, 4.69) is 31.0 Å². The first-order valence-electron chi connectivity index (χ1n) is 21.6. The molecule has 0 aromatic rings. The third-order valence-corrected chi connectivity index (χ3v) is 14.5. The van der Waals surface area contributed by atoms with Gasteiger partial charge in [-0.25, -0.2) is 0 Å². The molecule has 5 rings (SSSR count). The summed E-state index contributed by atoms with van der Waals surface area (Å²) in [6.07, 6.45) is 19.4. The molecule has 0 bridgehead atoms. The molecule has 1 aliphatic heterocycles. The fourth-order valence-electron chi connectivity index (χ4n) is 11.9. The number of piperidine rings is 1. The number of carbonyl (C=O) groups is 2. The van der Waals surface area contributed by atoms with Crippen molar-refractivity contribution in [3.63, 3.8) is 0 Å². The minimum absolute atomic E-state index is 0.00496. The number of hydrogen-bond acceptors (Lipinski definition) is 7. The third kappa shape index (κ3) is 10.9. The van der Waals surface area contributed by atoms with Crippen molar-refractivity contribution in [2.45, 2.75) is 167 Å². The number of fused-ring (bicyclic) bond motifs is 2. The van der Waals surface area contributed by atoms with Gasteiger partial charge in [0.15, 0.2) is 0 Å². The molecule has 0 aromatic heterocycles. The first kappa shape index (κ1) is 40.9. The summed E-state index contributed by atoms with van der Waals surface area (Å²) in [5.74, 6) is 10.4. The minimum atomic E-state index is -0.515. The van der Waals surface area contributed by atoms with E-state index in [1.807, 2.05) is 0 Å². The Hall–Kier alpha value is -1.30. The zero-order chi connectivity index (χ0) is 36.3. The number of nitrogens with two attached hydrogens (primary N) is 1. The van der Waals surface area contributed by atoms with Crippen molar-refractivity contribution in [1.29, 1.82) is 0 Å². The number of methoxy groups -OCH3 is 1. The van der Waals surface area contributed by atoms with Crippen LogP contribution >= 0.6 is 0 Å². The molecule has 5 N–H and O–H groups in total. The monoisotopic (exact) mass is 711 g/mol. The maximum Gasteiger partial charge on any atom is 0.144 e. The highest BCUT2D eigenvalue weighted by Crippen LogP contribution is 2.50. The molecule has 0 aromatic carbocycles. The average molecular weight is 711 g/mol. The molecule has 1 heterocycles.